The first-order valence-corrected chi connectivity index (χ1v) is 9.18. The fourth-order valence-corrected chi connectivity index (χ4v) is 4.02. The van der Waals surface area contributed by atoms with Crippen molar-refractivity contribution in [3.05, 3.63) is 68.2 Å². The summed E-state index contributed by atoms with van der Waals surface area (Å²) >= 11 is 0. The van der Waals surface area contributed by atoms with Gasteiger partial charge in [0.25, 0.3) is 10.0 Å². The Hall–Kier alpha value is -2.87. The van der Waals surface area contributed by atoms with E-state index in [9.17, 15) is 18.0 Å². The average Bonchev–Trinajstić information content (AvgIpc) is 2.56. The van der Waals surface area contributed by atoms with E-state index in [0.717, 1.165) is 5.56 Å². The highest BCUT2D eigenvalue weighted by Gasteiger charge is 2.19. The topological polar surface area (TPSA) is 112 Å². The van der Waals surface area contributed by atoms with Gasteiger partial charge in [-0.1, -0.05) is 25.1 Å². The molecule has 0 aliphatic carbocycles. The molecule has 0 aliphatic heterocycles. The number of para-hydroxylation sites is 1. The molecule has 0 spiro atoms. The lowest BCUT2D eigenvalue weighted by Gasteiger charge is -2.13. The summed E-state index contributed by atoms with van der Waals surface area (Å²) < 4.78 is 28.2. The molecule has 0 bridgehead atoms. The number of aromatic nitrogens is 2. The van der Waals surface area contributed by atoms with Crippen molar-refractivity contribution in [2.75, 3.05) is 4.72 Å². The lowest BCUT2D eigenvalue weighted by atomic mass is 10.1. The van der Waals surface area contributed by atoms with Crippen LogP contribution in [0.25, 0.3) is 11.0 Å². The second-order valence-corrected chi connectivity index (χ2v) is 7.34. The lowest BCUT2D eigenvalue weighted by Crippen LogP contribution is -2.29. The molecule has 25 heavy (non-hydrogen) atoms. The monoisotopic (exact) mass is 359 g/mol. The van der Waals surface area contributed by atoms with Crippen LogP contribution in [0.4, 0.5) is 5.69 Å². The van der Waals surface area contributed by atoms with Crippen molar-refractivity contribution in [1.82, 2.24) is 9.97 Å². The number of H-pyrrole nitrogens is 2. The number of rotatable bonds is 4. The molecule has 0 radical (unpaired) electrons. The van der Waals surface area contributed by atoms with E-state index in [0.29, 0.717) is 23.2 Å². The van der Waals surface area contributed by atoms with Crippen molar-refractivity contribution >= 4 is 26.7 Å². The molecule has 8 heteroatoms. The number of hydrogen-bond acceptors (Lipinski definition) is 4. The van der Waals surface area contributed by atoms with Crippen LogP contribution in [0.3, 0.4) is 0 Å². The van der Waals surface area contributed by atoms with E-state index < -0.39 is 21.1 Å². The minimum atomic E-state index is -3.86. The van der Waals surface area contributed by atoms with Crippen LogP contribution < -0.4 is 15.8 Å². The highest BCUT2D eigenvalue weighted by molar-refractivity contribution is 7.92. The summed E-state index contributed by atoms with van der Waals surface area (Å²) in [6, 6.07) is 10.0. The van der Waals surface area contributed by atoms with Crippen LogP contribution in [-0.2, 0) is 16.4 Å². The van der Waals surface area contributed by atoms with E-state index in [1.165, 1.54) is 12.1 Å². The SMILES string of the molecule is CCc1ccccc1NS(=O)(=O)c1cc2[nH]c(=O)c(=O)[nH]c2cc1C. The first-order chi connectivity index (χ1) is 11.8. The lowest BCUT2D eigenvalue weighted by molar-refractivity contribution is 0.600. The summed E-state index contributed by atoms with van der Waals surface area (Å²) in [5.41, 5.74) is 0.856. The summed E-state index contributed by atoms with van der Waals surface area (Å²) in [4.78, 5) is 27.8. The van der Waals surface area contributed by atoms with Gasteiger partial charge >= 0.3 is 11.1 Å². The molecule has 0 unspecified atom stereocenters. The largest absolute Gasteiger partial charge is 0.316 e. The van der Waals surface area contributed by atoms with Gasteiger partial charge < -0.3 is 9.97 Å². The zero-order chi connectivity index (χ0) is 18.2. The quantitative estimate of drug-likeness (QED) is 0.618. The van der Waals surface area contributed by atoms with Gasteiger partial charge in [0, 0.05) is 0 Å². The van der Waals surface area contributed by atoms with Crippen LogP contribution in [0.2, 0.25) is 0 Å². The predicted molar refractivity (Wildman–Crippen MR) is 96.6 cm³/mol. The van der Waals surface area contributed by atoms with E-state index in [-0.39, 0.29) is 10.4 Å². The summed E-state index contributed by atoms with van der Waals surface area (Å²) in [5.74, 6) is 0. The summed E-state index contributed by atoms with van der Waals surface area (Å²) in [6.07, 6.45) is 0.684. The van der Waals surface area contributed by atoms with Gasteiger partial charge in [-0.05, 0) is 42.7 Å². The number of fused-ring (bicyclic) bond motifs is 1. The molecule has 0 fully saturated rings. The van der Waals surface area contributed by atoms with Gasteiger partial charge in [-0.3, -0.25) is 14.3 Å². The van der Waals surface area contributed by atoms with E-state index >= 15 is 0 Å². The third-order valence-electron chi connectivity index (χ3n) is 3.95. The van der Waals surface area contributed by atoms with E-state index in [1.807, 2.05) is 19.1 Å². The molecular formula is C17H17N3O4S. The van der Waals surface area contributed by atoms with Crippen LogP contribution >= 0.6 is 0 Å². The molecule has 3 aromatic rings. The fraction of sp³-hybridized carbons (Fsp3) is 0.176. The summed E-state index contributed by atoms with van der Waals surface area (Å²) in [6.45, 7) is 3.57. The normalized spacial score (nSPS) is 11.6. The molecule has 0 saturated carbocycles. The van der Waals surface area contributed by atoms with Gasteiger partial charge in [0.2, 0.25) is 0 Å². The van der Waals surface area contributed by atoms with Crippen LogP contribution in [-0.4, -0.2) is 18.4 Å². The molecular weight excluding hydrogens is 342 g/mol. The molecule has 0 atom stereocenters. The minimum Gasteiger partial charge on any atom is -0.316 e. The van der Waals surface area contributed by atoms with Crippen molar-refractivity contribution in [3.8, 4) is 0 Å². The van der Waals surface area contributed by atoms with E-state index in [2.05, 4.69) is 14.7 Å². The highest BCUT2D eigenvalue weighted by atomic mass is 32.2. The van der Waals surface area contributed by atoms with Crippen LogP contribution in [0.15, 0.2) is 50.9 Å². The van der Waals surface area contributed by atoms with Crippen molar-refractivity contribution in [2.24, 2.45) is 0 Å². The Bertz CT molecular complexity index is 1180. The van der Waals surface area contributed by atoms with Crippen LogP contribution in [0.5, 0.6) is 0 Å². The smallest absolute Gasteiger partial charge is 0.314 e. The Morgan fingerprint density at radius 2 is 1.60 bits per heavy atom. The number of sulfonamides is 1. The minimum absolute atomic E-state index is 0.0357. The first kappa shape index (κ1) is 17.0. The average molecular weight is 359 g/mol. The third-order valence-corrected chi connectivity index (χ3v) is 5.46. The number of hydrogen-bond donors (Lipinski definition) is 3. The Balaban J connectivity index is 2.14. The molecule has 3 N–H and O–H groups in total. The molecule has 0 aliphatic rings. The molecule has 0 saturated heterocycles. The molecule has 1 heterocycles. The van der Waals surface area contributed by atoms with E-state index in [1.54, 1.807) is 19.1 Å². The van der Waals surface area contributed by atoms with Crippen LogP contribution in [0, 0.1) is 6.92 Å². The molecule has 0 amide bonds. The maximum Gasteiger partial charge on any atom is 0.314 e. The summed E-state index contributed by atoms with van der Waals surface area (Å²) in [7, 11) is -3.86. The standard InChI is InChI=1S/C17H17N3O4S/c1-3-11-6-4-5-7-12(11)20-25(23,24)15-9-14-13(8-10(15)2)18-16(21)17(22)19-14/h4-9,20H,3H2,1-2H3,(H,18,21)(H,19,22). The maximum absolute atomic E-state index is 12.8. The van der Waals surface area contributed by atoms with Crippen molar-refractivity contribution in [2.45, 2.75) is 25.2 Å². The van der Waals surface area contributed by atoms with Crippen molar-refractivity contribution in [3.63, 3.8) is 0 Å². The number of benzene rings is 2. The van der Waals surface area contributed by atoms with Crippen LogP contribution in [0.1, 0.15) is 18.1 Å². The number of anilines is 1. The fourth-order valence-electron chi connectivity index (χ4n) is 2.67. The van der Waals surface area contributed by atoms with Gasteiger partial charge in [0.1, 0.15) is 0 Å². The van der Waals surface area contributed by atoms with E-state index in [4.69, 9.17) is 0 Å². The van der Waals surface area contributed by atoms with Gasteiger partial charge in [-0.15, -0.1) is 0 Å². The Kier molecular flexibility index (Phi) is 4.22. The van der Waals surface area contributed by atoms with Gasteiger partial charge in [0.15, 0.2) is 0 Å². The van der Waals surface area contributed by atoms with Gasteiger partial charge in [-0.25, -0.2) is 8.42 Å². The van der Waals surface area contributed by atoms with Crippen molar-refractivity contribution < 1.29 is 8.42 Å². The van der Waals surface area contributed by atoms with Crippen molar-refractivity contribution in [1.29, 1.82) is 0 Å². The Labute approximate surface area is 143 Å². The molecule has 2 aromatic carbocycles. The molecule has 3 rings (SSSR count). The molecule has 1 aromatic heterocycles. The zero-order valence-corrected chi connectivity index (χ0v) is 14.5. The second kappa shape index (κ2) is 6.21. The first-order valence-electron chi connectivity index (χ1n) is 7.69. The second-order valence-electron chi connectivity index (χ2n) is 5.69. The number of aryl methyl sites for hydroxylation is 2. The zero-order valence-electron chi connectivity index (χ0n) is 13.7. The Morgan fingerprint density at radius 3 is 2.24 bits per heavy atom. The summed E-state index contributed by atoms with van der Waals surface area (Å²) in [5, 5.41) is 0. The molecule has 130 valence electrons. The Morgan fingerprint density at radius 1 is 1.00 bits per heavy atom. The molecule has 7 nitrogen and oxygen atoms in total. The number of aromatic amines is 2. The predicted octanol–water partition coefficient (Wildman–Crippen LogP) is 1.89. The number of nitrogens with one attached hydrogen (secondary N) is 3. The maximum atomic E-state index is 12.8. The highest BCUT2D eigenvalue weighted by Crippen LogP contribution is 2.24. The van der Waals surface area contributed by atoms with Gasteiger partial charge in [0.05, 0.1) is 21.6 Å². The third kappa shape index (κ3) is 3.20. The van der Waals surface area contributed by atoms with Gasteiger partial charge in [-0.2, -0.15) is 0 Å².